The SMILES string of the molecule is c1ccc(-c2ccc(N(c3ccccc3-c3ccccc3)c3cc(-c4ccccc4)c(-c4cc5ccccc5c5ccccc45)cc3-c3ccccc3)cc2)cc1. The Morgan fingerprint density at radius 1 is 0.228 bits per heavy atom. The fourth-order valence-corrected chi connectivity index (χ4v) is 8.35. The third-order valence-corrected chi connectivity index (χ3v) is 11.1. The molecule has 0 aliphatic carbocycles. The van der Waals surface area contributed by atoms with Crippen LogP contribution in [0.3, 0.4) is 0 Å². The molecule has 0 heterocycles. The average Bonchev–Trinajstić information content (AvgIpc) is 3.30. The van der Waals surface area contributed by atoms with Crippen LogP contribution < -0.4 is 4.90 Å². The number of para-hydroxylation sites is 1. The number of hydrogen-bond donors (Lipinski definition) is 0. The van der Waals surface area contributed by atoms with Gasteiger partial charge in [-0.2, -0.15) is 0 Å². The maximum Gasteiger partial charge on any atom is 0.0546 e. The van der Waals surface area contributed by atoms with Gasteiger partial charge in [0.25, 0.3) is 0 Å². The molecule has 10 rings (SSSR count). The van der Waals surface area contributed by atoms with Crippen molar-refractivity contribution in [2.24, 2.45) is 0 Å². The molecule has 1 nitrogen and oxygen atoms in total. The van der Waals surface area contributed by atoms with Gasteiger partial charge in [-0.1, -0.05) is 200 Å². The summed E-state index contributed by atoms with van der Waals surface area (Å²) >= 11 is 0. The summed E-state index contributed by atoms with van der Waals surface area (Å²) < 4.78 is 0. The predicted molar refractivity (Wildman–Crippen MR) is 243 cm³/mol. The summed E-state index contributed by atoms with van der Waals surface area (Å²) in [5.41, 5.74) is 15.1. The van der Waals surface area contributed by atoms with Gasteiger partial charge in [0.15, 0.2) is 0 Å². The summed E-state index contributed by atoms with van der Waals surface area (Å²) in [4.78, 5) is 2.47. The molecule has 1 heteroatoms. The van der Waals surface area contributed by atoms with Crippen LogP contribution in [0.15, 0.2) is 237 Å². The van der Waals surface area contributed by atoms with Crippen LogP contribution in [0.2, 0.25) is 0 Å². The lowest BCUT2D eigenvalue weighted by atomic mass is 9.86. The van der Waals surface area contributed by atoms with Crippen LogP contribution >= 0.6 is 0 Å². The number of fused-ring (bicyclic) bond motifs is 3. The van der Waals surface area contributed by atoms with E-state index in [0.717, 1.165) is 33.8 Å². The standard InChI is InChI=1S/C56H39N/c1-5-19-40(20-6-1)41-33-35-46(36-34-41)57(55-32-18-17-29-48(55)42-21-7-2-8-22-42)56-39-51(43-23-9-3-10-24-43)54(38-52(56)44-25-11-4-12-26-44)53-37-45-27-13-14-28-47(45)49-30-15-16-31-50(49)53/h1-39H. The first kappa shape index (κ1) is 34.0. The third kappa shape index (κ3) is 6.46. The highest BCUT2D eigenvalue weighted by atomic mass is 15.1. The molecule has 0 atom stereocenters. The van der Waals surface area contributed by atoms with Crippen molar-refractivity contribution in [3.8, 4) is 55.6 Å². The van der Waals surface area contributed by atoms with Crippen molar-refractivity contribution in [1.29, 1.82) is 0 Å². The van der Waals surface area contributed by atoms with Crippen LogP contribution in [0.25, 0.3) is 77.2 Å². The van der Waals surface area contributed by atoms with Crippen molar-refractivity contribution in [1.82, 2.24) is 0 Å². The molecule has 57 heavy (non-hydrogen) atoms. The van der Waals surface area contributed by atoms with Gasteiger partial charge < -0.3 is 4.90 Å². The number of hydrogen-bond acceptors (Lipinski definition) is 1. The lowest BCUT2D eigenvalue weighted by Crippen LogP contribution is -2.13. The smallest absolute Gasteiger partial charge is 0.0546 e. The molecule has 0 saturated carbocycles. The van der Waals surface area contributed by atoms with Crippen LogP contribution in [-0.4, -0.2) is 0 Å². The van der Waals surface area contributed by atoms with Crippen LogP contribution in [0.5, 0.6) is 0 Å². The first-order chi connectivity index (χ1) is 28.3. The van der Waals surface area contributed by atoms with Crippen LogP contribution in [0.1, 0.15) is 0 Å². The van der Waals surface area contributed by atoms with E-state index in [9.17, 15) is 0 Å². The maximum atomic E-state index is 2.47. The summed E-state index contributed by atoms with van der Waals surface area (Å²) in [6.07, 6.45) is 0. The second-order valence-electron chi connectivity index (χ2n) is 14.5. The Morgan fingerprint density at radius 3 is 1.35 bits per heavy atom. The lowest BCUT2D eigenvalue weighted by molar-refractivity contribution is 1.28. The molecule has 0 radical (unpaired) electrons. The normalized spacial score (nSPS) is 11.2. The number of anilines is 3. The summed E-state index contributed by atoms with van der Waals surface area (Å²) in [7, 11) is 0. The minimum atomic E-state index is 1.08. The molecular formula is C56H39N. The molecule has 0 aliphatic rings. The summed E-state index contributed by atoms with van der Waals surface area (Å²) in [5.74, 6) is 0. The van der Waals surface area contributed by atoms with Gasteiger partial charge in [0, 0.05) is 16.8 Å². The summed E-state index contributed by atoms with van der Waals surface area (Å²) in [5, 5.41) is 4.99. The Kier molecular flexibility index (Phi) is 8.95. The molecule has 0 unspecified atom stereocenters. The zero-order chi connectivity index (χ0) is 38.0. The minimum Gasteiger partial charge on any atom is -0.309 e. The zero-order valence-electron chi connectivity index (χ0n) is 31.5. The molecule has 0 saturated heterocycles. The fourth-order valence-electron chi connectivity index (χ4n) is 8.35. The molecule has 10 aromatic carbocycles. The molecule has 0 bridgehead atoms. The average molecular weight is 726 g/mol. The first-order valence-corrected chi connectivity index (χ1v) is 19.6. The number of benzene rings is 10. The Morgan fingerprint density at radius 2 is 0.702 bits per heavy atom. The quantitative estimate of drug-likeness (QED) is 0.141. The monoisotopic (exact) mass is 725 g/mol. The van der Waals surface area contributed by atoms with Gasteiger partial charge in [-0.15, -0.1) is 0 Å². The van der Waals surface area contributed by atoms with Gasteiger partial charge in [-0.3, -0.25) is 0 Å². The predicted octanol–water partition coefficient (Wildman–Crippen LogP) is 15.8. The minimum absolute atomic E-state index is 1.08. The van der Waals surface area contributed by atoms with Gasteiger partial charge in [0.2, 0.25) is 0 Å². The fraction of sp³-hybridized carbons (Fsp3) is 0. The molecule has 0 fully saturated rings. The highest BCUT2D eigenvalue weighted by Crippen LogP contribution is 2.50. The Bertz CT molecular complexity index is 2970. The van der Waals surface area contributed by atoms with Gasteiger partial charge in [0.05, 0.1) is 11.4 Å². The van der Waals surface area contributed by atoms with E-state index < -0.39 is 0 Å². The van der Waals surface area contributed by atoms with Crippen molar-refractivity contribution in [2.75, 3.05) is 4.90 Å². The molecule has 0 N–H and O–H groups in total. The first-order valence-electron chi connectivity index (χ1n) is 19.6. The second kappa shape index (κ2) is 15.0. The third-order valence-electron chi connectivity index (χ3n) is 11.1. The van der Waals surface area contributed by atoms with E-state index in [2.05, 4.69) is 241 Å². The topological polar surface area (TPSA) is 3.24 Å². The van der Waals surface area contributed by atoms with Crippen molar-refractivity contribution in [3.05, 3.63) is 237 Å². The second-order valence-corrected chi connectivity index (χ2v) is 14.5. The Labute approximate surface area is 334 Å². The molecule has 268 valence electrons. The van der Waals surface area contributed by atoms with E-state index in [-0.39, 0.29) is 0 Å². The van der Waals surface area contributed by atoms with E-state index in [0.29, 0.717) is 0 Å². The Balaban J connectivity index is 1.31. The Hall–Kier alpha value is -7.48. The van der Waals surface area contributed by atoms with Gasteiger partial charge in [-0.05, 0) is 102 Å². The molecule has 10 aromatic rings. The number of rotatable bonds is 8. The van der Waals surface area contributed by atoms with Crippen LogP contribution in [0, 0.1) is 0 Å². The van der Waals surface area contributed by atoms with E-state index in [1.807, 2.05) is 0 Å². The summed E-state index contributed by atoms with van der Waals surface area (Å²) in [6.45, 7) is 0. The summed E-state index contributed by atoms with van der Waals surface area (Å²) in [6, 6.07) is 85.8. The molecule has 0 spiro atoms. The van der Waals surface area contributed by atoms with E-state index in [1.54, 1.807) is 0 Å². The van der Waals surface area contributed by atoms with Gasteiger partial charge in [-0.25, -0.2) is 0 Å². The zero-order valence-corrected chi connectivity index (χ0v) is 31.5. The van der Waals surface area contributed by atoms with Gasteiger partial charge in [0.1, 0.15) is 0 Å². The highest BCUT2D eigenvalue weighted by Gasteiger charge is 2.24. The van der Waals surface area contributed by atoms with Crippen LogP contribution in [-0.2, 0) is 0 Å². The molecule has 0 aliphatic heterocycles. The largest absolute Gasteiger partial charge is 0.309 e. The van der Waals surface area contributed by atoms with E-state index in [4.69, 9.17) is 0 Å². The highest BCUT2D eigenvalue weighted by molar-refractivity contribution is 6.15. The maximum absolute atomic E-state index is 2.47. The van der Waals surface area contributed by atoms with E-state index >= 15 is 0 Å². The molecule has 0 amide bonds. The molecule has 0 aromatic heterocycles. The van der Waals surface area contributed by atoms with Crippen molar-refractivity contribution in [3.63, 3.8) is 0 Å². The van der Waals surface area contributed by atoms with E-state index in [1.165, 1.54) is 60.5 Å². The van der Waals surface area contributed by atoms with Crippen molar-refractivity contribution in [2.45, 2.75) is 0 Å². The van der Waals surface area contributed by atoms with Crippen LogP contribution in [0.4, 0.5) is 17.1 Å². The lowest BCUT2D eigenvalue weighted by Gasteiger charge is -2.31. The number of nitrogens with zero attached hydrogens (tertiary/aromatic N) is 1. The van der Waals surface area contributed by atoms with Gasteiger partial charge >= 0.3 is 0 Å². The van der Waals surface area contributed by atoms with Crippen molar-refractivity contribution < 1.29 is 0 Å². The molecular weight excluding hydrogens is 687 g/mol. The van der Waals surface area contributed by atoms with Crippen molar-refractivity contribution >= 4 is 38.6 Å².